The first-order valence-electron chi connectivity index (χ1n) is 6.38. The van der Waals surface area contributed by atoms with Gasteiger partial charge in [0.15, 0.2) is 0 Å². The number of nitrogens with one attached hydrogen (secondary N) is 1. The summed E-state index contributed by atoms with van der Waals surface area (Å²) in [6.45, 7) is 2.05. The van der Waals surface area contributed by atoms with Gasteiger partial charge in [-0.05, 0) is 36.2 Å². The van der Waals surface area contributed by atoms with E-state index in [-0.39, 0.29) is 5.91 Å². The third-order valence-electron chi connectivity index (χ3n) is 3.06. The molecule has 0 heterocycles. The Hall–Kier alpha value is -2.00. The van der Waals surface area contributed by atoms with Crippen LogP contribution in [0.2, 0.25) is 5.02 Å². The fourth-order valence-electron chi connectivity index (χ4n) is 1.95. The smallest absolute Gasteiger partial charge is 0.255 e. The zero-order chi connectivity index (χ0) is 14.5. The first-order chi connectivity index (χ1) is 9.65. The van der Waals surface area contributed by atoms with Gasteiger partial charge in [0.2, 0.25) is 0 Å². The highest BCUT2D eigenvalue weighted by atomic mass is 35.5. The Kier molecular flexibility index (Phi) is 4.64. The minimum atomic E-state index is -0.185. The Labute approximate surface area is 123 Å². The van der Waals surface area contributed by atoms with Crippen LogP contribution >= 0.6 is 11.6 Å². The number of rotatable bonds is 4. The largest absolute Gasteiger partial charge is 0.495 e. The molecular formula is C16H16ClNO2. The molecule has 0 spiro atoms. The Morgan fingerprint density at radius 1 is 1.25 bits per heavy atom. The number of anilines is 1. The van der Waals surface area contributed by atoms with Gasteiger partial charge in [-0.2, -0.15) is 0 Å². The first kappa shape index (κ1) is 14.4. The van der Waals surface area contributed by atoms with E-state index in [9.17, 15) is 4.79 Å². The lowest BCUT2D eigenvalue weighted by molar-refractivity contribution is 0.102. The third-order valence-corrected chi connectivity index (χ3v) is 3.36. The number of methoxy groups -OCH3 is 1. The van der Waals surface area contributed by atoms with E-state index in [1.807, 2.05) is 24.3 Å². The quantitative estimate of drug-likeness (QED) is 0.917. The molecule has 0 aliphatic carbocycles. The van der Waals surface area contributed by atoms with Crippen LogP contribution in [0.15, 0.2) is 42.5 Å². The average molecular weight is 290 g/mol. The van der Waals surface area contributed by atoms with Gasteiger partial charge in [0.1, 0.15) is 5.75 Å². The van der Waals surface area contributed by atoms with E-state index >= 15 is 0 Å². The summed E-state index contributed by atoms with van der Waals surface area (Å²) >= 11 is 6.03. The van der Waals surface area contributed by atoms with Crippen LogP contribution in [0.4, 0.5) is 5.69 Å². The fourth-order valence-corrected chi connectivity index (χ4v) is 2.21. The van der Waals surface area contributed by atoms with E-state index in [0.717, 1.165) is 17.7 Å². The fraction of sp³-hybridized carbons (Fsp3) is 0.188. The Morgan fingerprint density at radius 2 is 2.00 bits per heavy atom. The highest BCUT2D eigenvalue weighted by molar-refractivity contribution is 6.32. The molecule has 1 N–H and O–H groups in total. The lowest BCUT2D eigenvalue weighted by Crippen LogP contribution is -2.13. The predicted molar refractivity (Wildman–Crippen MR) is 81.8 cm³/mol. The number of para-hydroxylation sites is 1. The minimum absolute atomic E-state index is 0.185. The van der Waals surface area contributed by atoms with Crippen LogP contribution in [-0.4, -0.2) is 13.0 Å². The van der Waals surface area contributed by atoms with E-state index in [2.05, 4.69) is 12.2 Å². The molecule has 0 saturated carbocycles. The molecule has 2 aromatic carbocycles. The number of halogens is 1. The van der Waals surface area contributed by atoms with Crippen molar-refractivity contribution >= 4 is 23.2 Å². The molecule has 0 bridgehead atoms. The van der Waals surface area contributed by atoms with E-state index in [4.69, 9.17) is 16.3 Å². The third kappa shape index (κ3) is 3.11. The molecule has 2 rings (SSSR count). The van der Waals surface area contributed by atoms with Crippen molar-refractivity contribution in [3.05, 3.63) is 58.6 Å². The van der Waals surface area contributed by atoms with Crippen molar-refractivity contribution in [2.45, 2.75) is 13.3 Å². The van der Waals surface area contributed by atoms with Gasteiger partial charge in [-0.1, -0.05) is 36.7 Å². The van der Waals surface area contributed by atoms with Crippen molar-refractivity contribution < 1.29 is 9.53 Å². The molecule has 0 aliphatic heterocycles. The minimum Gasteiger partial charge on any atom is -0.495 e. The highest BCUT2D eigenvalue weighted by Gasteiger charge is 2.10. The molecule has 3 nitrogen and oxygen atoms in total. The summed E-state index contributed by atoms with van der Waals surface area (Å²) in [5, 5.41) is 3.32. The molecule has 104 valence electrons. The molecule has 0 aliphatic rings. The summed E-state index contributed by atoms with van der Waals surface area (Å²) in [5.74, 6) is 0.368. The van der Waals surface area contributed by atoms with Gasteiger partial charge in [0.25, 0.3) is 5.91 Å². The number of ether oxygens (including phenoxy) is 1. The van der Waals surface area contributed by atoms with Crippen LogP contribution in [0.3, 0.4) is 0 Å². The topological polar surface area (TPSA) is 38.3 Å². The molecule has 0 unspecified atom stereocenters. The molecule has 1 amide bonds. The zero-order valence-corrected chi connectivity index (χ0v) is 12.2. The molecule has 0 aromatic heterocycles. The van der Waals surface area contributed by atoms with Crippen molar-refractivity contribution in [3.63, 3.8) is 0 Å². The number of carbonyl (C=O) groups is 1. The standard InChI is InChI=1S/C16H16ClNO2/c1-3-11-6-4-5-7-14(11)18-16(19)12-8-9-15(20-2)13(17)10-12/h4-10H,3H2,1-2H3,(H,18,19). The number of aryl methyl sites for hydroxylation is 1. The zero-order valence-electron chi connectivity index (χ0n) is 11.4. The van der Waals surface area contributed by atoms with Gasteiger partial charge >= 0.3 is 0 Å². The van der Waals surface area contributed by atoms with Gasteiger partial charge in [-0.15, -0.1) is 0 Å². The predicted octanol–water partition coefficient (Wildman–Crippen LogP) is 4.16. The lowest BCUT2D eigenvalue weighted by atomic mass is 10.1. The maximum atomic E-state index is 12.2. The van der Waals surface area contributed by atoms with Gasteiger partial charge < -0.3 is 10.1 Å². The van der Waals surface area contributed by atoms with Gasteiger partial charge in [0.05, 0.1) is 12.1 Å². The van der Waals surface area contributed by atoms with E-state index < -0.39 is 0 Å². The van der Waals surface area contributed by atoms with Crippen LogP contribution in [0.25, 0.3) is 0 Å². The number of hydrogen-bond acceptors (Lipinski definition) is 2. The second-order valence-electron chi connectivity index (χ2n) is 4.31. The van der Waals surface area contributed by atoms with E-state index in [0.29, 0.717) is 16.3 Å². The summed E-state index contributed by atoms with van der Waals surface area (Å²) in [4.78, 5) is 12.2. The molecule has 0 radical (unpaired) electrons. The van der Waals surface area contributed by atoms with Crippen LogP contribution in [0.5, 0.6) is 5.75 Å². The monoisotopic (exact) mass is 289 g/mol. The summed E-state index contributed by atoms with van der Waals surface area (Å²) < 4.78 is 5.07. The Balaban J connectivity index is 2.22. The summed E-state index contributed by atoms with van der Waals surface area (Å²) in [7, 11) is 1.54. The molecule has 20 heavy (non-hydrogen) atoms. The number of hydrogen-bond donors (Lipinski definition) is 1. The average Bonchev–Trinajstić information content (AvgIpc) is 2.47. The van der Waals surface area contributed by atoms with Crippen LogP contribution < -0.4 is 10.1 Å². The Morgan fingerprint density at radius 3 is 2.65 bits per heavy atom. The van der Waals surface area contributed by atoms with Gasteiger partial charge in [-0.3, -0.25) is 4.79 Å². The summed E-state index contributed by atoms with van der Waals surface area (Å²) in [6.07, 6.45) is 0.861. The van der Waals surface area contributed by atoms with Crippen molar-refractivity contribution in [2.75, 3.05) is 12.4 Å². The van der Waals surface area contributed by atoms with Crippen molar-refractivity contribution in [2.24, 2.45) is 0 Å². The summed E-state index contributed by atoms with van der Waals surface area (Å²) in [5.41, 5.74) is 2.43. The van der Waals surface area contributed by atoms with Gasteiger partial charge in [0, 0.05) is 11.3 Å². The van der Waals surface area contributed by atoms with Crippen LogP contribution in [0.1, 0.15) is 22.8 Å². The molecule has 0 fully saturated rings. The highest BCUT2D eigenvalue weighted by Crippen LogP contribution is 2.25. The lowest BCUT2D eigenvalue weighted by Gasteiger charge is -2.10. The molecule has 2 aromatic rings. The number of benzene rings is 2. The van der Waals surface area contributed by atoms with Crippen molar-refractivity contribution in [3.8, 4) is 5.75 Å². The Bertz CT molecular complexity index is 626. The second kappa shape index (κ2) is 6.44. The molecular weight excluding hydrogens is 274 g/mol. The maximum absolute atomic E-state index is 12.2. The van der Waals surface area contributed by atoms with Crippen LogP contribution in [0, 0.1) is 0 Å². The van der Waals surface area contributed by atoms with E-state index in [1.165, 1.54) is 0 Å². The van der Waals surface area contributed by atoms with Crippen molar-refractivity contribution in [1.29, 1.82) is 0 Å². The normalized spacial score (nSPS) is 10.2. The van der Waals surface area contributed by atoms with Gasteiger partial charge in [-0.25, -0.2) is 0 Å². The maximum Gasteiger partial charge on any atom is 0.255 e. The molecule has 4 heteroatoms. The van der Waals surface area contributed by atoms with Crippen molar-refractivity contribution in [1.82, 2.24) is 0 Å². The molecule has 0 saturated heterocycles. The number of amides is 1. The first-order valence-corrected chi connectivity index (χ1v) is 6.76. The van der Waals surface area contributed by atoms with Crippen LogP contribution in [-0.2, 0) is 6.42 Å². The second-order valence-corrected chi connectivity index (χ2v) is 4.72. The van der Waals surface area contributed by atoms with E-state index in [1.54, 1.807) is 25.3 Å². The number of carbonyl (C=O) groups excluding carboxylic acids is 1. The molecule has 0 atom stereocenters. The summed E-state index contributed by atoms with van der Waals surface area (Å²) in [6, 6.07) is 12.7. The SMILES string of the molecule is CCc1ccccc1NC(=O)c1ccc(OC)c(Cl)c1.